The average Bonchev–Trinajstić information content (AvgIpc) is 3.11. The third kappa shape index (κ3) is 5.08. The second-order valence-corrected chi connectivity index (χ2v) is 9.34. The Hall–Kier alpha value is -2.24. The normalized spacial score (nSPS) is 11.9. The van der Waals surface area contributed by atoms with Crippen LogP contribution in [0.25, 0.3) is 21.3 Å². The standard InChI is InChI=1S/C25H24ClNO2S/c1-25(2,28)29-13-11-17-10-12-27-23(14-17)21-8-5-7-19-16-20(30-24(19)21)15-18-6-3-4-9-22(18)26/h3-10,12,14,16,28H,11,13,15H2,1-2H3. The van der Waals surface area contributed by atoms with Crippen molar-refractivity contribution in [1.82, 2.24) is 4.98 Å². The molecule has 3 nitrogen and oxygen atoms in total. The highest BCUT2D eigenvalue weighted by Crippen LogP contribution is 2.36. The van der Waals surface area contributed by atoms with Crippen molar-refractivity contribution in [2.75, 3.05) is 6.61 Å². The quantitative estimate of drug-likeness (QED) is 0.336. The summed E-state index contributed by atoms with van der Waals surface area (Å²) in [6.45, 7) is 3.74. The van der Waals surface area contributed by atoms with Gasteiger partial charge in [0.25, 0.3) is 0 Å². The molecule has 5 heteroatoms. The number of pyridine rings is 1. The van der Waals surface area contributed by atoms with Crippen LogP contribution < -0.4 is 0 Å². The minimum atomic E-state index is -1.11. The van der Waals surface area contributed by atoms with Crippen LogP contribution in [0.1, 0.15) is 29.9 Å². The lowest BCUT2D eigenvalue weighted by Gasteiger charge is -2.18. The third-order valence-corrected chi connectivity index (χ3v) is 6.42. The molecule has 0 spiro atoms. The van der Waals surface area contributed by atoms with Crippen LogP contribution in [0.2, 0.25) is 5.02 Å². The first-order chi connectivity index (χ1) is 14.4. The van der Waals surface area contributed by atoms with Crippen LogP contribution in [0.4, 0.5) is 0 Å². The number of aromatic nitrogens is 1. The number of ether oxygens (including phenoxy) is 1. The molecule has 0 saturated carbocycles. The maximum atomic E-state index is 9.73. The van der Waals surface area contributed by atoms with Crippen molar-refractivity contribution < 1.29 is 9.84 Å². The summed E-state index contributed by atoms with van der Waals surface area (Å²) >= 11 is 8.15. The summed E-state index contributed by atoms with van der Waals surface area (Å²) in [7, 11) is 0. The highest BCUT2D eigenvalue weighted by atomic mass is 35.5. The van der Waals surface area contributed by atoms with E-state index >= 15 is 0 Å². The van der Waals surface area contributed by atoms with Crippen molar-refractivity contribution in [3.63, 3.8) is 0 Å². The Bertz CT molecular complexity index is 1160. The molecule has 4 rings (SSSR count). The van der Waals surface area contributed by atoms with E-state index in [0.717, 1.165) is 40.2 Å². The van der Waals surface area contributed by atoms with Gasteiger partial charge in [0, 0.05) is 32.8 Å². The number of hydrogen-bond acceptors (Lipinski definition) is 4. The smallest absolute Gasteiger partial charge is 0.159 e. The van der Waals surface area contributed by atoms with E-state index in [9.17, 15) is 5.11 Å². The second kappa shape index (κ2) is 8.86. The fraction of sp³-hybridized carbons (Fsp3) is 0.240. The van der Waals surface area contributed by atoms with Gasteiger partial charge in [-0.3, -0.25) is 4.98 Å². The zero-order chi connectivity index (χ0) is 21.1. The van der Waals surface area contributed by atoms with Gasteiger partial charge in [0.05, 0.1) is 12.3 Å². The molecule has 0 bridgehead atoms. The molecule has 0 atom stereocenters. The number of benzene rings is 2. The minimum absolute atomic E-state index is 0.456. The Labute approximate surface area is 185 Å². The molecule has 0 saturated heterocycles. The van der Waals surface area contributed by atoms with Crippen LogP contribution in [0, 0.1) is 0 Å². The summed E-state index contributed by atoms with van der Waals surface area (Å²) in [4.78, 5) is 5.90. The summed E-state index contributed by atoms with van der Waals surface area (Å²) in [5, 5.41) is 11.8. The number of thiophene rings is 1. The van der Waals surface area contributed by atoms with E-state index in [4.69, 9.17) is 16.3 Å². The summed E-state index contributed by atoms with van der Waals surface area (Å²) in [6.07, 6.45) is 3.38. The second-order valence-electron chi connectivity index (χ2n) is 7.80. The molecule has 0 amide bonds. The molecule has 2 aromatic heterocycles. The fourth-order valence-electron chi connectivity index (χ4n) is 3.43. The summed E-state index contributed by atoms with van der Waals surface area (Å²) in [6, 6.07) is 20.7. The third-order valence-electron chi connectivity index (χ3n) is 4.86. The molecule has 0 radical (unpaired) electrons. The largest absolute Gasteiger partial charge is 0.366 e. The van der Waals surface area contributed by atoms with Crippen molar-refractivity contribution in [2.24, 2.45) is 0 Å². The predicted molar refractivity (Wildman–Crippen MR) is 125 cm³/mol. The number of nitrogens with zero attached hydrogens (tertiary/aromatic N) is 1. The van der Waals surface area contributed by atoms with Crippen LogP contribution in [0.3, 0.4) is 0 Å². The Morgan fingerprint density at radius 1 is 1.07 bits per heavy atom. The maximum Gasteiger partial charge on any atom is 0.159 e. The predicted octanol–water partition coefficient (Wildman–Crippen LogP) is 6.50. The van der Waals surface area contributed by atoms with Gasteiger partial charge in [0.2, 0.25) is 0 Å². The molecule has 1 N–H and O–H groups in total. The van der Waals surface area contributed by atoms with E-state index in [2.05, 4.69) is 41.4 Å². The Balaban J connectivity index is 1.61. The summed E-state index contributed by atoms with van der Waals surface area (Å²) in [5.41, 5.74) is 4.36. The molecule has 2 aromatic carbocycles. The van der Waals surface area contributed by atoms with Crippen LogP contribution in [-0.4, -0.2) is 22.5 Å². The van der Waals surface area contributed by atoms with Gasteiger partial charge in [-0.15, -0.1) is 11.3 Å². The Morgan fingerprint density at radius 2 is 1.90 bits per heavy atom. The zero-order valence-corrected chi connectivity index (χ0v) is 18.6. The first kappa shape index (κ1) is 21.0. The van der Waals surface area contributed by atoms with Crippen LogP contribution >= 0.6 is 22.9 Å². The minimum Gasteiger partial charge on any atom is -0.366 e. The molecule has 0 unspecified atom stereocenters. The van der Waals surface area contributed by atoms with Crippen LogP contribution in [0.5, 0.6) is 0 Å². The molecular formula is C25H24ClNO2S. The van der Waals surface area contributed by atoms with Gasteiger partial charge in [-0.05, 0) is 61.0 Å². The Morgan fingerprint density at radius 3 is 2.70 bits per heavy atom. The van der Waals surface area contributed by atoms with E-state index < -0.39 is 5.79 Å². The monoisotopic (exact) mass is 437 g/mol. The zero-order valence-electron chi connectivity index (χ0n) is 17.1. The van der Waals surface area contributed by atoms with Crippen LogP contribution in [0.15, 0.2) is 66.9 Å². The van der Waals surface area contributed by atoms with E-state index in [1.807, 2.05) is 30.5 Å². The number of hydrogen-bond donors (Lipinski definition) is 1. The topological polar surface area (TPSA) is 42.4 Å². The summed E-state index contributed by atoms with van der Waals surface area (Å²) in [5.74, 6) is -1.11. The van der Waals surface area contributed by atoms with Gasteiger partial charge in [-0.2, -0.15) is 0 Å². The number of halogens is 1. The molecule has 30 heavy (non-hydrogen) atoms. The highest BCUT2D eigenvalue weighted by Gasteiger charge is 2.13. The van der Waals surface area contributed by atoms with Gasteiger partial charge in [0.15, 0.2) is 5.79 Å². The Kier molecular flexibility index (Phi) is 6.21. The molecule has 0 aliphatic carbocycles. The number of rotatable bonds is 7. The van der Waals surface area contributed by atoms with Crippen LogP contribution in [-0.2, 0) is 17.6 Å². The molecule has 154 valence electrons. The number of fused-ring (bicyclic) bond motifs is 1. The van der Waals surface area contributed by atoms with Crippen molar-refractivity contribution in [3.05, 3.63) is 87.9 Å². The van der Waals surface area contributed by atoms with E-state index in [0.29, 0.717) is 6.61 Å². The fourth-order valence-corrected chi connectivity index (χ4v) is 4.84. The average molecular weight is 438 g/mol. The van der Waals surface area contributed by atoms with Crippen molar-refractivity contribution in [1.29, 1.82) is 0 Å². The molecule has 0 aliphatic heterocycles. The van der Waals surface area contributed by atoms with Gasteiger partial charge in [-0.1, -0.05) is 48.0 Å². The first-order valence-electron chi connectivity index (χ1n) is 9.95. The van der Waals surface area contributed by atoms with E-state index in [-0.39, 0.29) is 0 Å². The first-order valence-corrected chi connectivity index (χ1v) is 11.1. The molecule has 2 heterocycles. The van der Waals surface area contributed by atoms with Crippen molar-refractivity contribution >= 4 is 33.0 Å². The van der Waals surface area contributed by atoms with Gasteiger partial charge in [-0.25, -0.2) is 0 Å². The van der Waals surface area contributed by atoms with Gasteiger partial charge >= 0.3 is 0 Å². The molecule has 0 aliphatic rings. The molecule has 4 aromatic rings. The lowest BCUT2D eigenvalue weighted by atomic mass is 10.1. The number of aliphatic hydroxyl groups is 1. The van der Waals surface area contributed by atoms with E-state index in [1.165, 1.54) is 15.0 Å². The van der Waals surface area contributed by atoms with Gasteiger partial charge in [0.1, 0.15) is 0 Å². The van der Waals surface area contributed by atoms with Crippen molar-refractivity contribution in [3.8, 4) is 11.3 Å². The SMILES string of the molecule is CC(C)(O)OCCc1ccnc(-c2cccc3cc(Cc4ccccc4Cl)sc23)c1. The lowest BCUT2D eigenvalue weighted by Crippen LogP contribution is -2.24. The van der Waals surface area contributed by atoms with Gasteiger partial charge < -0.3 is 9.84 Å². The summed E-state index contributed by atoms with van der Waals surface area (Å²) < 4.78 is 6.68. The molecule has 0 fully saturated rings. The highest BCUT2D eigenvalue weighted by molar-refractivity contribution is 7.19. The lowest BCUT2D eigenvalue weighted by molar-refractivity contribution is -0.175. The molecular weight excluding hydrogens is 414 g/mol. The maximum absolute atomic E-state index is 9.73. The van der Waals surface area contributed by atoms with Crippen molar-refractivity contribution in [2.45, 2.75) is 32.5 Å². The van der Waals surface area contributed by atoms with E-state index in [1.54, 1.807) is 25.2 Å².